The molecule has 1 aliphatic rings. The molecule has 1 amide bonds. The second kappa shape index (κ2) is 6.89. The van der Waals surface area contributed by atoms with Crippen molar-refractivity contribution in [3.63, 3.8) is 0 Å². The number of halogens is 1. The van der Waals surface area contributed by atoms with Gasteiger partial charge in [-0.05, 0) is 12.1 Å². The van der Waals surface area contributed by atoms with Gasteiger partial charge in [-0.15, -0.1) is 12.4 Å². The summed E-state index contributed by atoms with van der Waals surface area (Å²) in [4.78, 5) is 14.1. The van der Waals surface area contributed by atoms with Crippen LogP contribution in [0.5, 0.6) is 0 Å². The van der Waals surface area contributed by atoms with Crippen LogP contribution in [0.1, 0.15) is 5.69 Å². The molecular weight excluding hydrogens is 294 g/mol. The maximum absolute atomic E-state index is 12.3. The average molecular weight is 312 g/mol. The van der Waals surface area contributed by atoms with Crippen molar-refractivity contribution < 1.29 is 14.1 Å². The van der Waals surface area contributed by atoms with Gasteiger partial charge in [0.05, 0.1) is 19.1 Å². The van der Waals surface area contributed by atoms with E-state index in [-0.39, 0.29) is 30.8 Å². The minimum Gasteiger partial charge on any atom is -0.373 e. The summed E-state index contributed by atoms with van der Waals surface area (Å²) in [6, 6.07) is 7.55. The van der Waals surface area contributed by atoms with Gasteiger partial charge in [0, 0.05) is 25.0 Å². The van der Waals surface area contributed by atoms with E-state index >= 15 is 0 Å². The number of morpholine rings is 1. The lowest BCUT2D eigenvalue weighted by Gasteiger charge is -2.32. The predicted molar refractivity (Wildman–Crippen MR) is 80.3 cm³/mol. The Labute approximate surface area is 128 Å². The molecule has 1 saturated heterocycles. The number of hydrogen-bond acceptors (Lipinski definition) is 5. The van der Waals surface area contributed by atoms with Gasteiger partial charge in [0.1, 0.15) is 5.69 Å². The number of carbonyl (C=O) groups excluding carboxylic acids is 1. The summed E-state index contributed by atoms with van der Waals surface area (Å²) in [5.41, 5.74) is 6.97. The summed E-state index contributed by atoms with van der Waals surface area (Å²) in [6.07, 6.45) is 0.177. The van der Waals surface area contributed by atoms with Crippen LogP contribution in [0, 0.1) is 0 Å². The standard InChI is InChI=1S/C14H17N3O3.ClH/c15-8-10-9-17(5-6-19-10)14(18)7-12-11-3-1-2-4-13(11)20-16-12;/h1-4,10H,5-9,15H2;1H. The molecule has 0 bridgehead atoms. The summed E-state index contributed by atoms with van der Waals surface area (Å²) < 4.78 is 10.7. The van der Waals surface area contributed by atoms with E-state index in [1.54, 1.807) is 4.90 Å². The summed E-state index contributed by atoms with van der Waals surface area (Å²) in [5.74, 6) is 0.0332. The van der Waals surface area contributed by atoms with E-state index in [4.69, 9.17) is 15.0 Å². The monoisotopic (exact) mass is 311 g/mol. The third kappa shape index (κ3) is 3.34. The van der Waals surface area contributed by atoms with Gasteiger partial charge in [-0.1, -0.05) is 17.3 Å². The summed E-state index contributed by atoms with van der Waals surface area (Å²) in [7, 11) is 0. The minimum absolute atomic E-state index is 0. The molecule has 0 radical (unpaired) electrons. The van der Waals surface area contributed by atoms with Crippen LogP contribution in [0.15, 0.2) is 28.8 Å². The number of hydrogen-bond donors (Lipinski definition) is 1. The molecule has 2 aromatic rings. The highest BCUT2D eigenvalue weighted by molar-refractivity contribution is 5.86. The van der Waals surface area contributed by atoms with E-state index in [9.17, 15) is 4.79 Å². The van der Waals surface area contributed by atoms with Crippen LogP contribution < -0.4 is 5.73 Å². The lowest BCUT2D eigenvalue weighted by Crippen LogP contribution is -2.48. The Bertz CT molecular complexity index is 616. The molecule has 2 N–H and O–H groups in total. The number of nitrogens with two attached hydrogens (primary N) is 1. The van der Waals surface area contributed by atoms with Gasteiger partial charge in [-0.2, -0.15) is 0 Å². The predicted octanol–water partition coefficient (Wildman–Crippen LogP) is 0.978. The topological polar surface area (TPSA) is 81.6 Å². The molecule has 0 saturated carbocycles. The van der Waals surface area contributed by atoms with E-state index in [1.165, 1.54) is 0 Å². The molecule has 0 spiro atoms. The highest BCUT2D eigenvalue weighted by Gasteiger charge is 2.24. The fourth-order valence-corrected chi connectivity index (χ4v) is 2.41. The molecule has 3 rings (SSSR count). The Morgan fingerprint density at radius 3 is 3.05 bits per heavy atom. The van der Waals surface area contributed by atoms with E-state index in [0.29, 0.717) is 37.5 Å². The lowest BCUT2D eigenvalue weighted by atomic mass is 10.1. The summed E-state index contributed by atoms with van der Waals surface area (Å²) >= 11 is 0. The molecule has 1 aliphatic heterocycles. The van der Waals surface area contributed by atoms with Crippen molar-refractivity contribution in [2.24, 2.45) is 5.73 Å². The van der Waals surface area contributed by atoms with Gasteiger partial charge in [-0.3, -0.25) is 4.79 Å². The Kier molecular flexibility index (Phi) is 5.17. The first kappa shape index (κ1) is 15.8. The third-order valence-corrected chi connectivity index (χ3v) is 3.53. The van der Waals surface area contributed by atoms with Crippen molar-refractivity contribution in [2.75, 3.05) is 26.2 Å². The maximum Gasteiger partial charge on any atom is 0.228 e. The third-order valence-electron chi connectivity index (χ3n) is 3.53. The number of nitrogens with zero attached hydrogens (tertiary/aromatic N) is 2. The van der Waals surface area contributed by atoms with Gasteiger partial charge >= 0.3 is 0 Å². The van der Waals surface area contributed by atoms with Crippen LogP contribution >= 0.6 is 12.4 Å². The first-order chi connectivity index (χ1) is 9.78. The van der Waals surface area contributed by atoms with E-state index in [2.05, 4.69) is 5.16 Å². The van der Waals surface area contributed by atoms with E-state index in [0.717, 1.165) is 5.39 Å². The smallest absolute Gasteiger partial charge is 0.228 e. The molecule has 21 heavy (non-hydrogen) atoms. The number of benzene rings is 1. The first-order valence-corrected chi connectivity index (χ1v) is 6.70. The van der Waals surface area contributed by atoms with Gasteiger partial charge < -0.3 is 19.9 Å². The zero-order valence-corrected chi connectivity index (χ0v) is 12.3. The molecule has 114 valence electrons. The zero-order chi connectivity index (χ0) is 13.9. The molecule has 7 heteroatoms. The maximum atomic E-state index is 12.3. The van der Waals surface area contributed by atoms with Crippen molar-refractivity contribution in [1.82, 2.24) is 10.1 Å². The second-order valence-corrected chi connectivity index (χ2v) is 4.87. The van der Waals surface area contributed by atoms with Crippen LogP contribution in [0.2, 0.25) is 0 Å². The molecule has 2 heterocycles. The molecule has 1 fully saturated rings. The number of ether oxygens (including phenoxy) is 1. The van der Waals surface area contributed by atoms with Crippen LogP contribution in [0.4, 0.5) is 0 Å². The highest BCUT2D eigenvalue weighted by atomic mass is 35.5. The van der Waals surface area contributed by atoms with Crippen molar-refractivity contribution in [1.29, 1.82) is 0 Å². The molecule has 6 nitrogen and oxygen atoms in total. The fraction of sp³-hybridized carbons (Fsp3) is 0.429. The summed E-state index contributed by atoms with van der Waals surface area (Å²) in [5, 5.41) is 4.88. The first-order valence-electron chi connectivity index (χ1n) is 6.70. The average Bonchev–Trinajstić information content (AvgIpc) is 2.90. The number of carbonyl (C=O) groups is 1. The second-order valence-electron chi connectivity index (χ2n) is 4.87. The van der Waals surface area contributed by atoms with Gasteiger partial charge in [0.15, 0.2) is 5.58 Å². The molecule has 1 aromatic carbocycles. The SMILES string of the molecule is Cl.NCC1CN(C(=O)Cc2noc3ccccc23)CCO1. The number of amides is 1. The van der Waals surface area contributed by atoms with Crippen LogP contribution in [-0.4, -0.2) is 48.3 Å². The van der Waals surface area contributed by atoms with Gasteiger partial charge in [0.25, 0.3) is 0 Å². The molecule has 1 aromatic heterocycles. The van der Waals surface area contributed by atoms with Crippen molar-refractivity contribution in [3.05, 3.63) is 30.0 Å². The zero-order valence-electron chi connectivity index (χ0n) is 11.5. The van der Waals surface area contributed by atoms with Crippen LogP contribution in [0.3, 0.4) is 0 Å². The van der Waals surface area contributed by atoms with Crippen molar-refractivity contribution >= 4 is 29.3 Å². The Morgan fingerprint density at radius 1 is 1.43 bits per heavy atom. The van der Waals surface area contributed by atoms with Crippen molar-refractivity contribution in [3.8, 4) is 0 Å². The Hall–Kier alpha value is -1.63. The van der Waals surface area contributed by atoms with Crippen molar-refractivity contribution in [2.45, 2.75) is 12.5 Å². The molecular formula is C14H18ClN3O3. The molecule has 1 unspecified atom stereocenters. The van der Waals surface area contributed by atoms with E-state index < -0.39 is 0 Å². The molecule has 0 aliphatic carbocycles. The number of rotatable bonds is 3. The lowest BCUT2D eigenvalue weighted by molar-refractivity contribution is -0.137. The Morgan fingerprint density at radius 2 is 2.24 bits per heavy atom. The Balaban J connectivity index is 0.00000161. The quantitative estimate of drug-likeness (QED) is 0.913. The summed E-state index contributed by atoms with van der Waals surface area (Å²) in [6.45, 7) is 2.11. The fourth-order valence-electron chi connectivity index (χ4n) is 2.41. The normalized spacial score (nSPS) is 18.5. The van der Waals surface area contributed by atoms with Crippen LogP contribution in [-0.2, 0) is 16.0 Å². The number of fused-ring (bicyclic) bond motifs is 1. The van der Waals surface area contributed by atoms with Crippen LogP contribution in [0.25, 0.3) is 11.0 Å². The van der Waals surface area contributed by atoms with Gasteiger partial charge in [0.2, 0.25) is 5.91 Å². The number of para-hydroxylation sites is 1. The number of aromatic nitrogens is 1. The largest absolute Gasteiger partial charge is 0.373 e. The highest BCUT2D eigenvalue weighted by Crippen LogP contribution is 2.19. The van der Waals surface area contributed by atoms with Gasteiger partial charge in [-0.25, -0.2) is 0 Å². The van der Waals surface area contributed by atoms with E-state index in [1.807, 2.05) is 24.3 Å². The molecule has 1 atom stereocenters. The minimum atomic E-state index is -0.0678.